The van der Waals surface area contributed by atoms with E-state index in [0.717, 1.165) is 62.3 Å². The van der Waals surface area contributed by atoms with Crippen LogP contribution >= 0.6 is 0 Å². The molecule has 0 radical (unpaired) electrons. The highest BCUT2D eigenvalue weighted by molar-refractivity contribution is 5.49. The maximum absolute atomic E-state index is 4.81. The molecule has 1 N–H and O–H groups in total. The lowest BCUT2D eigenvalue weighted by atomic mass is 9.96. The van der Waals surface area contributed by atoms with Crippen LogP contribution in [-0.4, -0.2) is 67.9 Å². The molecule has 30 heavy (non-hydrogen) atoms. The maximum atomic E-state index is 4.81. The van der Waals surface area contributed by atoms with Gasteiger partial charge in [0.2, 0.25) is 0 Å². The normalized spacial score (nSPS) is 17.8. The highest BCUT2D eigenvalue weighted by Gasteiger charge is 2.29. The van der Waals surface area contributed by atoms with Gasteiger partial charge in [-0.25, -0.2) is 9.97 Å². The van der Waals surface area contributed by atoms with Gasteiger partial charge < -0.3 is 15.1 Å². The van der Waals surface area contributed by atoms with Crippen molar-refractivity contribution in [2.75, 3.05) is 43.4 Å². The second-order valence-electron chi connectivity index (χ2n) is 9.52. The quantitative estimate of drug-likeness (QED) is 0.700. The molecule has 2 aliphatic heterocycles. The summed E-state index contributed by atoms with van der Waals surface area (Å²) in [5, 5.41) is 17.0. The van der Waals surface area contributed by atoms with Crippen LogP contribution < -0.4 is 10.2 Å². The Morgan fingerprint density at radius 1 is 1.13 bits per heavy atom. The highest BCUT2D eigenvalue weighted by atomic mass is 15.4. The third kappa shape index (κ3) is 3.47. The fraction of sp³-hybridized carbons (Fsp3) is 0.571. The lowest BCUT2D eigenvalue weighted by molar-refractivity contribution is 0.309. The predicted molar refractivity (Wildman–Crippen MR) is 116 cm³/mol. The lowest BCUT2D eigenvalue weighted by Gasteiger charge is -2.40. The molecule has 0 amide bonds. The topological polar surface area (TPSA) is 87.4 Å². The molecule has 2 aliphatic rings. The van der Waals surface area contributed by atoms with Crippen LogP contribution in [-0.2, 0) is 18.4 Å². The van der Waals surface area contributed by atoms with Crippen molar-refractivity contribution >= 4 is 17.3 Å². The zero-order valence-corrected chi connectivity index (χ0v) is 18.1. The molecule has 9 nitrogen and oxygen atoms in total. The third-order valence-corrected chi connectivity index (χ3v) is 5.95. The number of hydrogen-bond donors (Lipinski definition) is 1. The molecule has 0 saturated carbocycles. The molecule has 9 heteroatoms. The third-order valence-electron chi connectivity index (χ3n) is 5.95. The van der Waals surface area contributed by atoms with Crippen molar-refractivity contribution in [3.05, 3.63) is 35.5 Å². The summed E-state index contributed by atoms with van der Waals surface area (Å²) < 4.78 is 1.88. The first-order valence-electron chi connectivity index (χ1n) is 10.6. The van der Waals surface area contributed by atoms with Gasteiger partial charge in [0.1, 0.15) is 18.0 Å². The summed E-state index contributed by atoms with van der Waals surface area (Å²) in [4.78, 5) is 13.6. The number of hydrogen-bond acceptors (Lipinski definition) is 8. The Labute approximate surface area is 176 Å². The van der Waals surface area contributed by atoms with Crippen LogP contribution in [0.15, 0.2) is 18.5 Å². The minimum absolute atomic E-state index is 0.100. The van der Waals surface area contributed by atoms with Crippen LogP contribution in [0.3, 0.4) is 0 Å². The standard InChI is InChI=1S/C21H29N9/c1-21(2,3)20-26-25-17-5-6-18(27-30(17)20)29-10-14(11-29)9-22-19-15-12-28(4)8-7-16(15)23-13-24-19/h5-6,13-14H,7-12H2,1-4H3,(H,22,23,24). The Hall–Kier alpha value is -2.81. The summed E-state index contributed by atoms with van der Waals surface area (Å²) in [5.74, 6) is 3.42. The smallest absolute Gasteiger partial charge is 0.178 e. The lowest BCUT2D eigenvalue weighted by Crippen LogP contribution is -2.50. The van der Waals surface area contributed by atoms with E-state index in [1.807, 2.05) is 16.6 Å². The highest BCUT2D eigenvalue weighted by Crippen LogP contribution is 2.27. The van der Waals surface area contributed by atoms with E-state index in [9.17, 15) is 0 Å². The van der Waals surface area contributed by atoms with Crippen molar-refractivity contribution in [3.63, 3.8) is 0 Å². The fourth-order valence-electron chi connectivity index (χ4n) is 4.17. The second-order valence-corrected chi connectivity index (χ2v) is 9.52. The Bertz CT molecular complexity index is 1060. The number of likely N-dealkylation sites (N-methyl/N-ethyl adjacent to an activating group) is 1. The molecule has 0 aliphatic carbocycles. The van der Waals surface area contributed by atoms with E-state index in [4.69, 9.17) is 5.10 Å². The van der Waals surface area contributed by atoms with Crippen molar-refractivity contribution in [2.45, 2.75) is 39.2 Å². The predicted octanol–water partition coefficient (Wildman–Crippen LogP) is 1.75. The van der Waals surface area contributed by atoms with E-state index < -0.39 is 0 Å². The summed E-state index contributed by atoms with van der Waals surface area (Å²) in [6.07, 6.45) is 2.68. The SMILES string of the molecule is CN1CCc2ncnc(NCC3CN(c4ccc5nnc(C(C)(C)C)n5n4)C3)c2C1. The molecule has 5 heterocycles. The van der Waals surface area contributed by atoms with E-state index in [1.54, 1.807) is 6.33 Å². The van der Waals surface area contributed by atoms with Crippen LogP contribution in [0.5, 0.6) is 0 Å². The van der Waals surface area contributed by atoms with E-state index in [2.05, 4.69) is 63.1 Å². The molecular weight excluding hydrogens is 378 g/mol. The van der Waals surface area contributed by atoms with Crippen LogP contribution in [0, 0.1) is 5.92 Å². The largest absolute Gasteiger partial charge is 0.369 e. The Kier molecular flexibility index (Phi) is 4.57. The fourth-order valence-corrected chi connectivity index (χ4v) is 4.17. The molecule has 1 saturated heterocycles. The van der Waals surface area contributed by atoms with Crippen LogP contribution in [0.1, 0.15) is 37.9 Å². The summed E-state index contributed by atoms with van der Waals surface area (Å²) in [6, 6.07) is 4.04. The van der Waals surface area contributed by atoms with Gasteiger partial charge in [0.25, 0.3) is 0 Å². The van der Waals surface area contributed by atoms with E-state index in [0.29, 0.717) is 5.92 Å². The van der Waals surface area contributed by atoms with Crippen LogP contribution in [0.25, 0.3) is 5.65 Å². The molecule has 0 spiro atoms. The zero-order valence-electron chi connectivity index (χ0n) is 18.1. The van der Waals surface area contributed by atoms with E-state index in [1.165, 1.54) is 11.3 Å². The van der Waals surface area contributed by atoms with E-state index >= 15 is 0 Å². The molecule has 0 bridgehead atoms. The Morgan fingerprint density at radius 2 is 1.97 bits per heavy atom. The Balaban J connectivity index is 1.23. The molecule has 3 aromatic rings. The molecule has 0 aromatic carbocycles. The number of aromatic nitrogens is 6. The van der Waals surface area contributed by atoms with Gasteiger partial charge in [0, 0.05) is 56.0 Å². The van der Waals surface area contributed by atoms with Gasteiger partial charge in [0.15, 0.2) is 11.5 Å². The molecule has 3 aromatic heterocycles. The van der Waals surface area contributed by atoms with Crippen molar-refractivity contribution in [3.8, 4) is 0 Å². The van der Waals surface area contributed by atoms with Gasteiger partial charge in [-0.05, 0) is 19.2 Å². The minimum Gasteiger partial charge on any atom is -0.369 e. The summed E-state index contributed by atoms with van der Waals surface area (Å²) >= 11 is 0. The number of fused-ring (bicyclic) bond motifs is 2. The van der Waals surface area contributed by atoms with Crippen LogP contribution in [0.4, 0.5) is 11.6 Å². The number of nitrogens with one attached hydrogen (secondary N) is 1. The summed E-state index contributed by atoms with van der Waals surface area (Å²) in [6.45, 7) is 11.2. The van der Waals surface area contributed by atoms with Gasteiger partial charge in [-0.3, -0.25) is 0 Å². The minimum atomic E-state index is -0.100. The molecule has 5 rings (SSSR count). The first kappa shape index (κ1) is 19.2. The molecule has 158 valence electrons. The maximum Gasteiger partial charge on any atom is 0.178 e. The van der Waals surface area contributed by atoms with Gasteiger partial charge in [-0.15, -0.1) is 15.3 Å². The van der Waals surface area contributed by atoms with Gasteiger partial charge in [0.05, 0.1) is 5.69 Å². The van der Waals surface area contributed by atoms with Crippen molar-refractivity contribution < 1.29 is 0 Å². The first-order chi connectivity index (χ1) is 14.4. The van der Waals surface area contributed by atoms with Gasteiger partial charge in [-0.2, -0.15) is 4.52 Å². The van der Waals surface area contributed by atoms with Crippen molar-refractivity contribution in [2.24, 2.45) is 5.92 Å². The summed E-state index contributed by atoms with van der Waals surface area (Å²) in [5.41, 5.74) is 3.12. The Morgan fingerprint density at radius 3 is 2.77 bits per heavy atom. The van der Waals surface area contributed by atoms with Gasteiger partial charge >= 0.3 is 0 Å². The molecule has 1 fully saturated rings. The molecule has 0 atom stereocenters. The number of rotatable bonds is 4. The zero-order chi connectivity index (χ0) is 20.9. The van der Waals surface area contributed by atoms with Crippen LogP contribution in [0.2, 0.25) is 0 Å². The molecular formula is C21H29N9. The first-order valence-corrected chi connectivity index (χ1v) is 10.6. The van der Waals surface area contributed by atoms with E-state index in [-0.39, 0.29) is 5.41 Å². The second kappa shape index (κ2) is 7.16. The van der Waals surface area contributed by atoms with Crippen molar-refractivity contribution in [1.29, 1.82) is 0 Å². The summed E-state index contributed by atoms with van der Waals surface area (Å²) in [7, 11) is 2.15. The number of nitrogens with zero attached hydrogens (tertiary/aromatic N) is 8. The van der Waals surface area contributed by atoms with Crippen molar-refractivity contribution in [1.82, 2.24) is 34.7 Å². The average Bonchev–Trinajstić information content (AvgIpc) is 3.10. The number of anilines is 2. The average molecular weight is 408 g/mol. The van der Waals surface area contributed by atoms with Gasteiger partial charge in [-0.1, -0.05) is 20.8 Å². The molecule has 0 unspecified atom stereocenters. The monoisotopic (exact) mass is 407 g/mol.